The summed E-state index contributed by atoms with van der Waals surface area (Å²) in [7, 11) is -19.4. The Morgan fingerprint density at radius 3 is 0.677 bits per heavy atom. The quantitative estimate of drug-likeness (QED) is 0.00706. The molecule has 0 atom stereocenters. The lowest BCUT2D eigenvalue weighted by atomic mass is 10.2. The fourth-order valence-corrected chi connectivity index (χ4v) is 9.22. The van der Waals surface area contributed by atoms with E-state index in [9.17, 15) is 106 Å². The maximum absolute atomic E-state index is 13.1. The fourth-order valence-electron chi connectivity index (χ4n) is 7.82. The molecular formula is C96H123F12NO21S3-2. The molecule has 1 N–H and O–H groups in total. The lowest BCUT2D eigenvalue weighted by Gasteiger charge is -2.28. The summed E-state index contributed by atoms with van der Waals surface area (Å²) >= 11 is 0. The first-order valence-corrected chi connectivity index (χ1v) is 43.7. The van der Waals surface area contributed by atoms with Gasteiger partial charge in [-0.05, 0) is 151 Å². The molecule has 0 aliphatic carbocycles. The van der Waals surface area contributed by atoms with E-state index in [0.29, 0.717) is 19.3 Å². The van der Waals surface area contributed by atoms with Crippen LogP contribution in [0.4, 0.5) is 52.7 Å². The Morgan fingerprint density at radius 1 is 0.331 bits per heavy atom. The van der Waals surface area contributed by atoms with Gasteiger partial charge in [0, 0.05) is 27.0 Å². The number of hydrogen-bond acceptors (Lipinski definition) is 21. The Bertz CT molecular complexity index is 4610. The van der Waals surface area contributed by atoms with Gasteiger partial charge in [0.25, 0.3) is 0 Å². The highest BCUT2D eigenvalue weighted by molar-refractivity contribution is 7.87. The SMILES string of the molecule is C.C.C#CC#CC#[NH+].C=CC(=O)OCCC.C=CC(=O)OCCC.C=CC(=O)OCCC(F)(F)C(F)(F)S(=O)(=O)[O-].C=Cc1ccc(OCCC(F)(F)C(F)(F)S(=O)(=O)[O-])cc1.C=Cc1ccc(OCCC(F)(F)C(F)(F)S(=O)(=O)[O-])cc1.C=Cc1ccc(OCCC)cc1.C=Cc1ccc(OCCC)cc1.C=Cc1ccc(OCCCC)cc1.C=Cc1ccc(OCCCC)cc1.[HH].[HH]. The van der Waals surface area contributed by atoms with Crippen LogP contribution in [0.2, 0.25) is 0 Å². The number of carbonyl (C=O) groups is 3. The lowest BCUT2D eigenvalue weighted by Crippen LogP contribution is -2.47. The Kier molecular flexibility index (Phi) is 71.5. The van der Waals surface area contributed by atoms with Crippen LogP contribution in [0.5, 0.6) is 34.5 Å². The van der Waals surface area contributed by atoms with Gasteiger partial charge in [-0.15, -0.1) is 6.42 Å². The molecule has 0 unspecified atom stereocenters. The predicted octanol–water partition coefficient (Wildman–Crippen LogP) is 22.3. The monoisotopic (exact) mass is 1950 g/mol. The van der Waals surface area contributed by atoms with E-state index in [1.165, 1.54) is 49.3 Å². The molecule has 22 nitrogen and oxygen atoms in total. The first kappa shape index (κ1) is 131. The second kappa shape index (κ2) is 72.3. The van der Waals surface area contributed by atoms with Gasteiger partial charge in [-0.1, -0.05) is 243 Å². The minimum Gasteiger partial charge on any atom is -0.743 e. The highest BCUT2D eigenvalue weighted by atomic mass is 32.2. The molecule has 0 saturated heterocycles. The maximum Gasteiger partial charge on any atom is 0.396 e. The van der Waals surface area contributed by atoms with E-state index in [1.54, 1.807) is 24.3 Å². The fraction of sp³-hybridized carbons (Fsp3) is 0.354. The number of alkyl halides is 12. The molecule has 6 aromatic carbocycles. The van der Waals surface area contributed by atoms with E-state index in [0.717, 1.165) is 133 Å². The second-order valence-electron chi connectivity index (χ2n) is 25.3. The highest BCUT2D eigenvalue weighted by Gasteiger charge is 2.63. The van der Waals surface area contributed by atoms with Crippen molar-refractivity contribution >= 4 is 84.7 Å². The Balaban J connectivity index is -0.000000225. The van der Waals surface area contributed by atoms with Crippen molar-refractivity contribution in [1.82, 2.24) is 0 Å². The molecule has 6 aromatic rings. The van der Waals surface area contributed by atoms with Crippen LogP contribution in [0, 0.1) is 30.3 Å². The van der Waals surface area contributed by atoms with E-state index in [1.807, 2.05) is 147 Å². The molecule has 0 fully saturated rings. The van der Waals surface area contributed by atoms with Gasteiger partial charge in [-0.3, -0.25) is 0 Å². The number of ether oxygens (including phenoxy) is 9. The van der Waals surface area contributed by atoms with Crippen LogP contribution in [0.15, 0.2) is 223 Å². The minimum atomic E-state index is -6.51. The first-order chi connectivity index (χ1) is 61.5. The third kappa shape index (κ3) is 57.6. The van der Waals surface area contributed by atoms with Crippen LogP contribution in [0.3, 0.4) is 0 Å². The van der Waals surface area contributed by atoms with Crippen LogP contribution in [0.25, 0.3) is 36.5 Å². The smallest absolute Gasteiger partial charge is 0.396 e. The van der Waals surface area contributed by atoms with Crippen molar-refractivity contribution in [2.24, 2.45) is 0 Å². The summed E-state index contributed by atoms with van der Waals surface area (Å²) in [6.45, 7) is 44.7. The van der Waals surface area contributed by atoms with Crippen molar-refractivity contribution in [2.75, 3.05) is 59.5 Å². The maximum atomic E-state index is 13.1. The van der Waals surface area contributed by atoms with Crippen molar-refractivity contribution in [3.8, 4) is 64.8 Å². The van der Waals surface area contributed by atoms with Crippen molar-refractivity contribution in [2.45, 2.75) is 161 Å². The summed E-state index contributed by atoms with van der Waals surface area (Å²) in [5, 5.41) is -10.9. The molecule has 0 aliphatic rings. The third-order valence-electron chi connectivity index (χ3n) is 15.0. The molecule has 6 rings (SSSR count). The number of nitrogens with one attached hydrogen (secondary N) is 1. The van der Waals surface area contributed by atoms with E-state index >= 15 is 0 Å². The van der Waals surface area contributed by atoms with Crippen LogP contribution < -0.4 is 33.7 Å². The van der Waals surface area contributed by atoms with Gasteiger partial charge in [-0.25, -0.2) is 39.6 Å². The normalized spacial score (nSPS) is 10.5. The van der Waals surface area contributed by atoms with Crippen molar-refractivity contribution in [1.29, 1.82) is 0 Å². The molecule has 0 aliphatic heterocycles. The molecule has 0 aromatic heterocycles. The average Bonchev–Trinajstić information content (AvgIpc) is 0.789. The third-order valence-corrected chi connectivity index (χ3v) is 17.8. The van der Waals surface area contributed by atoms with Crippen LogP contribution in [0.1, 0.15) is 163 Å². The van der Waals surface area contributed by atoms with Gasteiger partial charge in [0.2, 0.25) is 0 Å². The molecular weight excluding hydrogens is 1830 g/mol. The van der Waals surface area contributed by atoms with Gasteiger partial charge in [-0.2, -0.15) is 52.7 Å². The van der Waals surface area contributed by atoms with Gasteiger partial charge < -0.3 is 56.3 Å². The molecule has 0 spiro atoms. The number of hydrogen-bond donors (Lipinski definition) is 1. The summed E-state index contributed by atoms with van der Waals surface area (Å²) in [5.41, 5.74) is 5.97. The predicted molar refractivity (Wildman–Crippen MR) is 498 cm³/mol. The molecule has 0 bridgehead atoms. The van der Waals surface area contributed by atoms with Crippen molar-refractivity contribution in [3.63, 3.8) is 0 Å². The van der Waals surface area contributed by atoms with Crippen LogP contribution in [-0.2, 0) is 58.9 Å². The zero-order chi connectivity index (χ0) is 101. The van der Waals surface area contributed by atoms with Gasteiger partial charge in [0.05, 0.1) is 84.6 Å². The number of terminal acetylenes is 1. The summed E-state index contributed by atoms with van der Waals surface area (Å²) in [5.74, 6) is -6.65. The standard InChI is InChI=1S/2C12H12F4O4S.2C12H16O.2C11H14O.C7H8F4O5S.2C6H10O2.C5HN.2CH4.2H2/c2*1-2-9-3-5-10(6-4-9)20-8-7-11(13,14)12(15,16)21(17,18)19;2*1-3-5-10-13-12-8-6-11(4-2)7-9-12;2*1-3-9-12-11-7-5-10(4-2)6-8-11;1-2-5(12)16-4-3-6(8,9)7(10,11)17(13,14)15;2*1-3-5-8-6(7)4-2;1-2-3-4-5-6;;;;/h2*2-6H,1,7-8H2,(H,17,18,19);2*4,6-9H,2-3,5,10H2,1H3;2*4-8H,2-3,9H2,1H3;2H,1,3-4H2,(H,13,14,15);2*4H,2-3,5H2,1H3;1H;2*1H4;2*1H/p-2. The van der Waals surface area contributed by atoms with Crippen molar-refractivity contribution in [3.05, 3.63) is 256 Å². The highest BCUT2D eigenvalue weighted by Crippen LogP contribution is 2.43. The second-order valence-corrected chi connectivity index (χ2v) is 29.6. The Labute approximate surface area is 778 Å². The summed E-state index contributed by atoms with van der Waals surface area (Å²) in [6, 6.07) is 45.4. The summed E-state index contributed by atoms with van der Waals surface area (Å²) in [4.78, 5) is 30.9. The van der Waals surface area contributed by atoms with Gasteiger partial charge in [0.15, 0.2) is 30.4 Å². The zero-order valence-corrected chi connectivity index (χ0v) is 75.9. The van der Waals surface area contributed by atoms with Gasteiger partial charge >= 0.3 is 57.5 Å². The molecule has 133 heavy (non-hydrogen) atoms. The zero-order valence-electron chi connectivity index (χ0n) is 73.5. The Morgan fingerprint density at radius 2 is 0.519 bits per heavy atom. The van der Waals surface area contributed by atoms with E-state index in [2.05, 4.69) is 119 Å². The van der Waals surface area contributed by atoms with Gasteiger partial charge in [0.1, 0.15) is 34.5 Å². The molecule has 0 radical (unpaired) electrons. The number of esters is 3. The number of rotatable bonds is 44. The number of unbranched alkanes of at least 4 members (excludes halogenated alkanes) is 2. The molecule has 742 valence electrons. The van der Waals surface area contributed by atoms with E-state index in [-0.39, 0.29) is 41.1 Å². The molecule has 0 heterocycles. The largest absolute Gasteiger partial charge is 0.743 e. The summed E-state index contributed by atoms with van der Waals surface area (Å²) in [6.07, 6.45) is 21.3. The number of benzene rings is 6. The molecule has 0 saturated carbocycles. The molecule has 0 amide bonds. The Hall–Kier alpha value is -12.3. The van der Waals surface area contributed by atoms with E-state index in [4.69, 9.17) is 33.7 Å². The number of carbonyl (C=O) groups excluding carboxylic acids is 3. The minimum absolute atomic E-state index is 0. The van der Waals surface area contributed by atoms with E-state index < -0.39 is 109 Å². The molecule has 37 heteroatoms. The summed E-state index contributed by atoms with van der Waals surface area (Å²) < 4.78 is 290. The van der Waals surface area contributed by atoms with Crippen molar-refractivity contribution < 1.29 is 157 Å². The van der Waals surface area contributed by atoms with Crippen LogP contribution in [-0.4, -0.2) is 150 Å². The first-order valence-electron chi connectivity index (χ1n) is 39.5. The average molecular weight is 1950 g/mol. The lowest BCUT2D eigenvalue weighted by molar-refractivity contribution is -0.173. The topological polar surface area (TPSA) is 330 Å². The van der Waals surface area contributed by atoms with Crippen LogP contribution >= 0.6 is 0 Å². The number of halogens is 12.